The number of aryl methyl sites for hydroxylation is 2. The fourth-order valence-electron chi connectivity index (χ4n) is 5.09. The highest BCUT2D eigenvalue weighted by atomic mass is 35.5. The van der Waals surface area contributed by atoms with E-state index in [1.54, 1.807) is 44.2 Å². The maximum Gasteiger partial charge on any atom is 0.244 e. The van der Waals surface area contributed by atoms with E-state index in [9.17, 15) is 18.0 Å². The lowest BCUT2D eigenvalue weighted by Crippen LogP contribution is -2.54. The summed E-state index contributed by atoms with van der Waals surface area (Å²) in [5.74, 6) is -0.770. The molecular weight excluding hydrogens is 545 g/mol. The van der Waals surface area contributed by atoms with Crippen LogP contribution in [0.3, 0.4) is 0 Å². The van der Waals surface area contributed by atoms with Crippen molar-refractivity contribution in [3.05, 3.63) is 63.1 Å². The Morgan fingerprint density at radius 2 is 1.55 bits per heavy atom. The van der Waals surface area contributed by atoms with E-state index in [1.165, 1.54) is 4.90 Å². The first-order valence-electron chi connectivity index (χ1n) is 13.0. The number of anilines is 1. The summed E-state index contributed by atoms with van der Waals surface area (Å²) >= 11 is 12.9. The third kappa shape index (κ3) is 7.42. The third-order valence-electron chi connectivity index (χ3n) is 7.10. The molecule has 1 aliphatic carbocycles. The van der Waals surface area contributed by atoms with Gasteiger partial charge in [0.15, 0.2) is 0 Å². The van der Waals surface area contributed by atoms with Crippen LogP contribution in [0.2, 0.25) is 10.0 Å². The van der Waals surface area contributed by atoms with E-state index < -0.39 is 28.5 Å². The van der Waals surface area contributed by atoms with Crippen LogP contribution in [0.15, 0.2) is 36.4 Å². The van der Waals surface area contributed by atoms with Gasteiger partial charge in [0.2, 0.25) is 21.8 Å². The Balaban J connectivity index is 2.00. The lowest BCUT2D eigenvalue weighted by molar-refractivity contribution is -0.140. The molecule has 3 rings (SSSR count). The van der Waals surface area contributed by atoms with Gasteiger partial charge in [0.05, 0.1) is 11.9 Å². The number of benzene rings is 2. The molecule has 38 heavy (non-hydrogen) atoms. The van der Waals surface area contributed by atoms with Gasteiger partial charge in [-0.15, -0.1) is 0 Å². The molecule has 1 fully saturated rings. The van der Waals surface area contributed by atoms with Gasteiger partial charge < -0.3 is 10.2 Å². The highest BCUT2D eigenvalue weighted by Gasteiger charge is 2.34. The second-order valence-corrected chi connectivity index (χ2v) is 12.7. The minimum absolute atomic E-state index is 0.0295. The Kier molecular flexibility index (Phi) is 10.5. The normalized spacial score (nSPS) is 15.1. The quantitative estimate of drug-likeness (QED) is 0.393. The van der Waals surface area contributed by atoms with E-state index in [1.807, 2.05) is 13.0 Å². The van der Waals surface area contributed by atoms with E-state index >= 15 is 0 Å². The number of rotatable bonds is 10. The lowest BCUT2D eigenvalue weighted by atomic mass is 9.95. The Labute approximate surface area is 236 Å². The number of amides is 2. The van der Waals surface area contributed by atoms with Gasteiger partial charge >= 0.3 is 0 Å². The Morgan fingerprint density at radius 1 is 1.00 bits per heavy atom. The Bertz CT molecular complexity index is 1220. The van der Waals surface area contributed by atoms with Crippen molar-refractivity contribution in [2.75, 3.05) is 17.1 Å². The SMILES string of the molecule is CC[C@H](C(=O)NC1CCCCC1)N(Cc1c(Cl)cccc1Cl)C(=O)CN(c1c(C)cccc1C)S(C)(=O)=O. The lowest BCUT2D eigenvalue weighted by Gasteiger charge is -2.35. The van der Waals surface area contributed by atoms with Crippen LogP contribution < -0.4 is 9.62 Å². The maximum atomic E-state index is 14.0. The molecule has 0 heterocycles. The summed E-state index contributed by atoms with van der Waals surface area (Å²) in [7, 11) is -3.82. The van der Waals surface area contributed by atoms with E-state index in [0.29, 0.717) is 27.7 Å². The molecule has 1 atom stereocenters. The Hall–Kier alpha value is -2.29. The van der Waals surface area contributed by atoms with Crippen molar-refractivity contribution < 1.29 is 18.0 Å². The molecule has 0 unspecified atom stereocenters. The van der Waals surface area contributed by atoms with Crippen molar-refractivity contribution in [3.63, 3.8) is 0 Å². The van der Waals surface area contributed by atoms with Gasteiger partial charge in [-0.3, -0.25) is 13.9 Å². The van der Waals surface area contributed by atoms with Crippen LogP contribution in [0.4, 0.5) is 5.69 Å². The second kappa shape index (κ2) is 13.2. The highest BCUT2D eigenvalue weighted by Crippen LogP contribution is 2.30. The van der Waals surface area contributed by atoms with Crippen molar-refractivity contribution in [2.45, 2.75) is 77.9 Å². The van der Waals surface area contributed by atoms with Gasteiger partial charge in [0.1, 0.15) is 12.6 Å². The molecule has 7 nitrogen and oxygen atoms in total. The summed E-state index contributed by atoms with van der Waals surface area (Å²) in [6.45, 7) is 4.95. The zero-order valence-electron chi connectivity index (χ0n) is 22.5. The molecule has 2 aromatic carbocycles. The van der Waals surface area contributed by atoms with E-state index in [-0.39, 0.29) is 18.5 Å². The minimum Gasteiger partial charge on any atom is -0.352 e. The molecule has 0 aromatic heterocycles. The highest BCUT2D eigenvalue weighted by molar-refractivity contribution is 7.92. The number of sulfonamides is 1. The average molecular weight is 583 g/mol. The molecule has 2 aromatic rings. The summed E-state index contributed by atoms with van der Waals surface area (Å²) in [6.07, 6.45) is 6.49. The molecule has 1 N–H and O–H groups in total. The average Bonchev–Trinajstić information content (AvgIpc) is 2.84. The van der Waals surface area contributed by atoms with Crippen molar-refractivity contribution in [1.29, 1.82) is 0 Å². The Morgan fingerprint density at radius 3 is 2.08 bits per heavy atom. The maximum absolute atomic E-state index is 14.0. The van der Waals surface area contributed by atoms with E-state index in [2.05, 4.69) is 5.32 Å². The number of nitrogens with zero attached hydrogens (tertiary/aromatic N) is 2. The van der Waals surface area contributed by atoms with Crippen molar-refractivity contribution in [2.24, 2.45) is 0 Å². The summed E-state index contributed by atoms with van der Waals surface area (Å²) in [4.78, 5) is 28.9. The predicted octanol–water partition coefficient (Wildman–Crippen LogP) is 5.63. The van der Waals surface area contributed by atoms with Crippen molar-refractivity contribution in [1.82, 2.24) is 10.2 Å². The van der Waals surface area contributed by atoms with Crippen molar-refractivity contribution in [3.8, 4) is 0 Å². The van der Waals surface area contributed by atoms with Crippen LogP contribution in [0.5, 0.6) is 0 Å². The summed E-state index contributed by atoms with van der Waals surface area (Å²) in [6, 6.07) is 9.74. The molecule has 2 amide bonds. The standard InChI is InChI=1S/C28H37Cl2N3O4S/c1-5-25(28(35)31-21-13-7-6-8-14-21)32(17-22-23(29)15-10-16-24(22)30)26(34)18-33(38(4,36)37)27-19(2)11-9-12-20(27)3/h9-12,15-16,21,25H,5-8,13-14,17-18H2,1-4H3,(H,31,35)/t25-/m1/s1. The zero-order chi connectivity index (χ0) is 28.0. The van der Waals surface area contributed by atoms with E-state index in [0.717, 1.165) is 53.8 Å². The van der Waals surface area contributed by atoms with Gasteiger partial charge in [-0.05, 0) is 56.4 Å². The van der Waals surface area contributed by atoms with Gasteiger partial charge in [-0.25, -0.2) is 8.42 Å². The molecule has 1 saturated carbocycles. The molecule has 208 valence electrons. The zero-order valence-corrected chi connectivity index (χ0v) is 24.8. The first kappa shape index (κ1) is 30.3. The number of nitrogens with one attached hydrogen (secondary N) is 1. The summed E-state index contributed by atoms with van der Waals surface area (Å²) in [5.41, 5.74) is 2.42. The van der Waals surface area contributed by atoms with Crippen LogP contribution in [-0.2, 0) is 26.2 Å². The van der Waals surface area contributed by atoms with Gasteiger partial charge in [-0.2, -0.15) is 0 Å². The fraction of sp³-hybridized carbons (Fsp3) is 0.500. The monoisotopic (exact) mass is 581 g/mol. The van der Waals surface area contributed by atoms with Gasteiger partial charge in [-0.1, -0.05) is 73.7 Å². The van der Waals surface area contributed by atoms with Gasteiger partial charge in [0, 0.05) is 28.2 Å². The minimum atomic E-state index is -3.82. The topological polar surface area (TPSA) is 86.8 Å². The van der Waals surface area contributed by atoms with Crippen molar-refractivity contribution >= 4 is 50.7 Å². The first-order valence-corrected chi connectivity index (χ1v) is 15.6. The third-order valence-corrected chi connectivity index (χ3v) is 8.92. The number of para-hydroxylation sites is 1. The van der Waals surface area contributed by atoms with Crippen LogP contribution in [0.1, 0.15) is 62.1 Å². The predicted molar refractivity (Wildman–Crippen MR) is 154 cm³/mol. The molecule has 0 saturated heterocycles. The molecule has 1 aliphatic rings. The largest absolute Gasteiger partial charge is 0.352 e. The molecule has 0 bridgehead atoms. The summed E-state index contributed by atoms with van der Waals surface area (Å²) < 4.78 is 27.0. The fourth-order valence-corrected chi connectivity index (χ4v) is 6.57. The van der Waals surface area contributed by atoms with E-state index in [4.69, 9.17) is 23.2 Å². The number of carbonyl (C=O) groups is 2. The number of hydrogen-bond acceptors (Lipinski definition) is 4. The van der Waals surface area contributed by atoms with Crippen LogP contribution >= 0.6 is 23.2 Å². The molecule has 0 spiro atoms. The molecule has 10 heteroatoms. The molecule has 0 radical (unpaired) electrons. The number of halogens is 2. The molecule has 0 aliphatic heterocycles. The van der Waals surface area contributed by atoms with Crippen LogP contribution in [0, 0.1) is 13.8 Å². The van der Waals surface area contributed by atoms with Crippen LogP contribution in [-0.4, -0.2) is 50.0 Å². The smallest absolute Gasteiger partial charge is 0.244 e. The number of carbonyl (C=O) groups excluding carboxylic acids is 2. The van der Waals surface area contributed by atoms with Gasteiger partial charge in [0.25, 0.3) is 0 Å². The number of hydrogen-bond donors (Lipinski definition) is 1. The van der Waals surface area contributed by atoms with Crippen LogP contribution in [0.25, 0.3) is 0 Å². The molecular formula is C28H37Cl2N3O4S. The summed E-state index contributed by atoms with van der Waals surface area (Å²) in [5, 5.41) is 3.86. The first-order chi connectivity index (χ1) is 17.9. The second-order valence-electron chi connectivity index (χ2n) is 10.00.